The van der Waals surface area contributed by atoms with Crippen LogP contribution < -0.4 is 14.8 Å². The van der Waals surface area contributed by atoms with Gasteiger partial charge in [-0.25, -0.2) is 0 Å². The van der Waals surface area contributed by atoms with Gasteiger partial charge in [-0.3, -0.25) is 9.80 Å². The van der Waals surface area contributed by atoms with Gasteiger partial charge in [0.05, 0.1) is 32.0 Å². The first-order valence-electron chi connectivity index (χ1n) is 10.7. The summed E-state index contributed by atoms with van der Waals surface area (Å²) >= 11 is 0. The van der Waals surface area contributed by atoms with Gasteiger partial charge < -0.3 is 14.8 Å². The van der Waals surface area contributed by atoms with E-state index in [9.17, 15) is 8.42 Å². The minimum absolute atomic E-state index is 0.228. The van der Waals surface area contributed by atoms with Crippen molar-refractivity contribution in [2.24, 2.45) is 4.40 Å². The van der Waals surface area contributed by atoms with Crippen LogP contribution in [0, 0.1) is 0 Å². The van der Waals surface area contributed by atoms with Crippen molar-refractivity contribution in [1.29, 1.82) is 0 Å². The number of ether oxygens (including phenoxy) is 2. The molecule has 8 nitrogen and oxygen atoms in total. The predicted molar refractivity (Wildman–Crippen MR) is 125 cm³/mol. The molecule has 0 aromatic heterocycles. The number of para-hydroxylation sites is 1. The van der Waals surface area contributed by atoms with E-state index in [2.05, 4.69) is 19.5 Å². The Kier molecular flexibility index (Phi) is 6.68. The number of likely N-dealkylation sites (tertiary alicyclic amines) is 1. The van der Waals surface area contributed by atoms with Crippen LogP contribution in [0.15, 0.2) is 51.8 Å². The molecule has 0 atom stereocenters. The lowest BCUT2D eigenvalue weighted by Gasteiger charge is -2.37. The summed E-state index contributed by atoms with van der Waals surface area (Å²) in [7, 11) is 1.73. The smallest absolute Gasteiger partial charge is 0.286 e. The van der Waals surface area contributed by atoms with Gasteiger partial charge in [0.25, 0.3) is 10.0 Å². The first kappa shape index (κ1) is 22.6. The van der Waals surface area contributed by atoms with E-state index in [0.29, 0.717) is 24.1 Å². The van der Waals surface area contributed by atoms with Crippen LogP contribution in [0.5, 0.6) is 11.5 Å². The Morgan fingerprint density at radius 2 is 1.72 bits per heavy atom. The molecule has 0 unspecified atom stereocenters. The molecular weight excluding hydrogens is 428 g/mol. The minimum atomic E-state index is -3.66. The lowest BCUT2D eigenvalue weighted by atomic mass is 10.0. The van der Waals surface area contributed by atoms with Crippen molar-refractivity contribution in [1.82, 2.24) is 9.80 Å². The van der Waals surface area contributed by atoms with Crippen LogP contribution >= 0.6 is 0 Å². The normalized spacial score (nSPS) is 18.6. The molecule has 9 heteroatoms. The van der Waals surface area contributed by atoms with Crippen molar-refractivity contribution in [2.75, 3.05) is 46.2 Å². The number of methoxy groups -OCH3 is 2. The molecule has 2 aliphatic rings. The molecule has 2 aromatic carbocycles. The summed E-state index contributed by atoms with van der Waals surface area (Å²) in [6.45, 7) is 3.11. The lowest BCUT2D eigenvalue weighted by molar-refractivity contribution is 0.132. The van der Waals surface area contributed by atoms with E-state index >= 15 is 0 Å². The number of likely N-dealkylation sites (N-methyl/N-ethyl adjacent to an activating group) is 1. The second-order valence-corrected chi connectivity index (χ2v) is 9.77. The van der Waals surface area contributed by atoms with E-state index in [4.69, 9.17) is 9.47 Å². The zero-order valence-corrected chi connectivity index (χ0v) is 19.6. The van der Waals surface area contributed by atoms with Crippen molar-refractivity contribution in [2.45, 2.75) is 30.3 Å². The molecule has 0 bridgehead atoms. The van der Waals surface area contributed by atoms with E-state index in [-0.39, 0.29) is 4.90 Å². The third-order valence-electron chi connectivity index (χ3n) is 6.17. The number of benzene rings is 2. The third kappa shape index (κ3) is 4.74. The molecule has 172 valence electrons. The van der Waals surface area contributed by atoms with Gasteiger partial charge in [0.2, 0.25) is 0 Å². The average Bonchev–Trinajstić information content (AvgIpc) is 2.79. The standard InChI is InChI=1S/C23H30N4O4S/c1-26(16-23-24-19-7-4-5-10-22(19)32(28,29)25-23)17-11-13-27(14-12-17)15-18-20(30-2)8-6-9-21(18)31-3/h4-10,17H,11-16H2,1-3H3,(H,24,25). The predicted octanol–water partition coefficient (Wildman–Crippen LogP) is 2.81. The summed E-state index contributed by atoms with van der Waals surface area (Å²) in [4.78, 5) is 4.82. The number of amidine groups is 1. The maximum absolute atomic E-state index is 12.5. The molecule has 0 radical (unpaired) electrons. The number of sulfonamides is 1. The summed E-state index contributed by atoms with van der Waals surface area (Å²) in [5.74, 6) is 2.14. The van der Waals surface area contributed by atoms with Gasteiger partial charge >= 0.3 is 0 Å². The molecule has 1 saturated heterocycles. The number of rotatable bonds is 7. The quantitative estimate of drug-likeness (QED) is 0.683. The maximum Gasteiger partial charge on any atom is 0.286 e. The number of piperidine rings is 1. The Balaban J connectivity index is 1.36. The second kappa shape index (κ2) is 9.48. The molecule has 2 heterocycles. The van der Waals surface area contributed by atoms with Crippen LogP contribution in [0.3, 0.4) is 0 Å². The van der Waals surface area contributed by atoms with E-state index in [1.54, 1.807) is 32.4 Å². The van der Waals surface area contributed by atoms with Crippen molar-refractivity contribution in [3.63, 3.8) is 0 Å². The zero-order chi connectivity index (χ0) is 22.7. The Morgan fingerprint density at radius 3 is 2.38 bits per heavy atom. The Bertz CT molecular complexity index is 1070. The van der Waals surface area contributed by atoms with E-state index < -0.39 is 10.0 Å². The van der Waals surface area contributed by atoms with E-state index in [1.165, 1.54) is 0 Å². The molecule has 1 N–H and O–H groups in total. The highest BCUT2D eigenvalue weighted by Gasteiger charge is 2.28. The van der Waals surface area contributed by atoms with Gasteiger partial charge in [-0.15, -0.1) is 4.40 Å². The van der Waals surface area contributed by atoms with Gasteiger partial charge in [-0.05, 0) is 57.2 Å². The van der Waals surface area contributed by atoms with Crippen molar-refractivity contribution in [3.05, 3.63) is 48.0 Å². The number of hydrogen-bond acceptors (Lipinski definition) is 7. The Morgan fingerprint density at radius 1 is 1.06 bits per heavy atom. The topological polar surface area (TPSA) is 83.5 Å². The fourth-order valence-corrected chi connectivity index (χ4v) is 5.57. The highest BCUT2D eigenvalue weighted by molar-refractivity contribution is 7.90. The Hall–Kier alpha value is -2.62. The lowest BCUT2D eigenvalue weighted by Crippen LogP contribution is -2.45. The van der Waals surface area contributed by atoms with Gasteiger partial charge in [-0.1, -0.05) is 18.2 Å². The highest BCUT2D eigenvalue weighted by atomic mass is 32.2. The van der Waals surface area contributed by atoms with Crippen molar-refractivity contribution in [3.8, 4) is 11.5 Å². The average molecular weight is 459 g/mol. The second-order valence-electron chi connectivity index (χ2n) is 8.20. The summed E-state index contributed by atoms with van der Waals surface area (Å²) < 4.78 is 40.0. The fraction of sp³-hybridized carbons (Fsp3) is 0.435. The number of hydrogen-bond donors (Lipinski definition) is 1. The summed E-state index contributed by atoms with van der Waals surface area (Å²) in [5, 5.41) is 3.18. The first-order chi connectivity index (χ1) is 15.4. The number of nitrogens with one attached hydrogen (secondary N) is 1. The fourth-order valence-electron chi connectivity index (χ4n) is 4.43. The summed E-state index contributed by atoms with van der Waals surface area (Å²) in [5.41, 5.74) is 1.65. The molecule has 0 amide bonds. The van der Waals surface area contributed by atoms with Gasteiger partial charge in [0.1, 0.15) is 22.2 Å². The van der Waals surface area contributed by atoms with Crippen LogP contribution in [0.25, 0.3) is 0 Å². The minimum Gasteiger partial charge on any atom is -0.496 e. The molecule has 2 aliphatic heterocycles. The SMILES string of the molecule is COc1cccc(OC)c1CN1CCC(N(C)CC2=NS(=O)(=O)c3ccccc3N2)CC1. The largest absolute Gasteiger partial charge is 0.496 e. The molecule has 0 saturated carbocycles. The number of fused-ring (bicyclic) bond motifs is 1. The molecule has 32 heavy (non-hydrogen) atoms. The van der Waals surface area contributed by atoms with Gasteiger partial charge in [0, 0.05) is 12.6 Å². The Labute approximate surface area is 189 Å². The van der Waals surface area contributed by atoms with Crippen LogP contribution in [0.2, 0.25) is 0 Å². The molecule has 4 rings (SSSR count). The van der Waals surface area contributed by atoms with Crippen LogP contribution in [0.4, 0.5) is 5.69 Å². The monoisotopic (exact) mass is 458 g/mol. The number of anilines is 1. The maximum atomic E-state index is 12.5. The zero-order valence-electron chi connectivity index (χ0n) is 18.7. The molecule has 2 aromatic rings. The van der Waals surface area contributed by atoms with E-state index in [1.807, 2.05) is 31.3 Å². The summed E-state index contributed by atoms with van der Waals surface area (Å²) in [6.07, 6.45) is 1.98. The van der Waals surface area contributed by atoms with Crippen LogP contribution in [-0.2, 0) is 16.6 Å². The van der Waals surface area contributed by atoms with Crippen LogP contribution in [-0.4, -0.2) is 71.0 Å². The molecule has 0 aliphatic carbocycles. The molecular formula is C23H30N4O4S. The number of nitrogens with zero attached hydrogens (tertiary/aromatic N) is 3. The van der Waals surface area contributed by atoms with Crippen molar-refractivity contribution >= 4 is 21.5 Å². The van der Waals surface area contributed by atoms with Gasteiger partial charge in [0.15, 0.2) is 0 Å². The summed E-state index contributed by atoms with van der Waals surface area (Å²) in [6, 6.07) is 13.1. The van der Waals surface area contributed by atoms with Crippen molar-refractivity contribution < 1.29 is 17.9 Å². The first-order valence-corrected chi connectivity index (χ1v) is 12.2. The third-order valence-corrected chi connectivity index (χ3v) is 7.54. The highest BCUT2D eigenvalue weighted by Crippen LogP contribution is 2.31. The molecule has 0 spiro atoms. The van der Waals surface area contributed by atoms with Crippen LogP contribution in [0.1, 0.15) is 18.4 Å². The molecule has 1 fully saturated rings. The van der Waals surface area contributed by atoms with E-state index in [0.717, 1.165) is 49.5 Å². The van der Waals surface area contributed by atoms with Gasteiger partial charge in [-0.2, -0.15) is 8.42 Å².